The number of fused-ring (bicyclic) bond motifs is 1. The fraction of sp³-hybridized carbons (Fsp3) is 0.333. The Labute approximate surface area is 182 Å². The van der Waals surface area contributed by atoms with Gasteiger partial charge in [0.05, 0.1) is 17.4 Å². The molecule has 0 radical (unpaired) electrons. The first-order valence-electron chi connectivity index (χ1n) is 10.4. The minimum atomic E-state index is -3.95. The van der Waals surface area contributed by atoms with E-state index in [0.717, 1.165) is 20.8 Å². The van der Waals surface area contributed by atoms with Crippen molar-refractivity contribution in [2.75, 3.05) is 0 Å². The van der Waals surface area contributed by atoms with E-state index in [9.17, 15) is 18.0 Å². The number of esters is 1. The van der Waals surface area contributed by atoms with Crippen LogP contribution < -0.4 is 0 Å². The number of carbonyl (C=O) groups excluding carboxylic acids is 2. The quantitative estimate of drug-likeness (QED) is 0.643. The van der Waals surface area contributed by atoms with Gasteiger partial charge in [-0.3, -0.25) is 9.59 Å². The van der Waals surface area contributed by atoms with E-state index in [4.69, 9.17) is 4.74 Å². The number of carbonyl (C=O) groups is 2. The second-order valence-electron chi connectivity index (χ2n) is 8.10. The lowest BCUT2D eigenvalue weighted by Gasteiger charge is -2.22. The Hall–Kier alpha value is -2.93. The van der Waals surface area contributed by atoms with Gasteiger partial charge in [-0.2, -0.15) is 0 Å². The molecule has 2 aromatic carbocycles. The molecular formula is C24H25NO5S. The molecule has 0 aromatic heterocycles. The van der Waals surface area contributed by atoms with E-state index in [0.29, 0.717) is 12.8 Å². The number of ether oxygens (including phenoxy) is 1. The molecule has 1 saturated heterocycles. The molecule has 162 valence electrons. The zero-order valence-corrected chi connectivity index (χ0v) is 18.1. The van der Waals surface area contributed by atoms with Crippen LogP contribution in [-0.2, 0) is 31.0 Å². The van der Waals surface area contributed by atoms with Crippen LogP contribution in [0, 0.1) is 17.8 Å². The molecule has 1 heterocycles. The Bertz CT molecular complexity index is 1080. The highest BCUT2D eigenvalue weighted by Crippen LogP contribution is 2.47. The highest BCUT2D eigenvalue weighted by atomic mass is 32.2. The van der Waals surface area contributed by atoms with Crippen LogP contribution in [0.3, 0.4) is 0 Å². The Morgan fingerprint density at radius 2 is 1.71 bits per heavy atom. The van der Waals surface area contributed by atoms with Crippen molar-refractivity contribution in [2.45, 2.75) is 32.4 Å². The highest BCUT2D eigenvalue weighted by molar-refractivity contribution is 7.92. The number of nitrogens with zero attached hydrogens (tertiary/aromatic N) is 1. The van der Waals surface area contributed by atoms with Crippen molar-refractivity contribution in [1.82, 2.24) is 4.31 Å². The van der Waals surface area contributed by atoms with E-state index in [1.54, 1.807) is 19.1 Å². The molecule has 1 aliphatic heterocycles. The van der Waals surface area contributed by atoms with Gasteiger partial charge in [0.2, 0.25) is 5.91 Å². The van der Waals surface area contributed by atoms with Crippen LogP contribution in [0.5, 0.6) is 0 Å². The fourth-order valence-electron chi connectivity index (χ4n) is 4.71. The van der Waals surface area contributed by atoms with E-state index in [1.807, 2.05) is 48.5 Å². The molecule has 6 nitrogen and oxygen atoms in total. The number of sulfonamides is 1. The third-order valence-electron chi connectivity index (χ3n) is 6.20. The number of hydrogen-bond donors (Lipinski definition) is 0. The van der Waals surface area contributed by atoms with Crippen molar-refractivity contribution in [3.63, 3.8) is 0 Å². The zero-order valence-electron chi connectivity index (χ0n) is 17.3. The van der Waals surface area contributed by atoms with Gasteiger partial charge in [0, 0.05) is 11.8 Å². The Morgan fingerprint density at radius 1 is 1.06 bits per heavy atom. The fourth-order valence-corrected chi connectivity index (χ4v) is 6.21. The number of rotatable bonds is 6. The molecule has 2 aliphatic rings. The molecule has 1 aliphatic carbocycles. The molecule has 4 atom stereocenters. The van der Waals surface area contributed by atoms with Gasteiger partial charge in [0.25, 0.3) is 10.0 Å². The molecular weight excluding hydrogens is 414 g/mol. The summed E-state index contributed by atoms with van der Waals surface area (Å²) in [7, 11) is -3.95. The van der Waals surface area contributed by atoms with Crippen molar-refractivity contribution < 1.29 is 22.7 Å². The van der Waals surface area contributed by atoms with Crippen LogP contribution >= 0.6 is 0 Å². The topological polar surface area (TPSA) is 80.8 Å². The van der Waals surface area contributed by atoms with E-state index < -0.39 is 33.8 Å². The molecule has 1 unspecified atom stereocenters. The predicted molar refractivity (Wildman–Crippen MR) is 117 cm³/mol. The number of benzene rings is 2. The maximum atomic E-state index is 13.0. The SMILES string of the molecule is C[C@H]1C(=O)N(S(=O)(=O)/C=C/c2ccccc2)[C@H]2CCC(C(=O)OCc3ccccc3)[C@H]12. The van der Waals surface area contributed by atoms with Crippen molar-refractivity contribution in [3.8, 4) is 0 Å². The van der Waals surface area contributed by atoms with Crippen molar-refractivity contribution in [3.05, 3.63) is 77.2 Å². The first-order chi connectivity index (χ1) is 14.9. The summed E-state index contributed by atoms with van der Waals surface area (Å²) in [5.74, 6) is -2.22. The molecule has 2 fully saturated rings. The smallest absolute Gasteiger partial charge is 0.309 e. The molecule has 31 heavy (non-hydrogen) atoms. The van der Waals surface area contributed by atoms with Gasteiger partial charge in [-0.25, -0.2) is 12.7 Å². The molecule has 1 saturated carbocycles. The molecule has 4 rings (SSSR count). The lowest BCUT2D eigenvalue weighted by Crippen LogP contribution is -2.38. The summed E-state index contributed by atoms with van der Waals surface area (Å²) in [5.41, 5.74) is 1.62. The Balaban J connectivity index is 1.49. The molecule has 7 heteroatoms. The van der Waals surface area contributed by atoms with Crippen LogP contribution in [0.15, 0.2) is 66.1 Å². The van der Waals surface area contributed by atoms with Crippen LogP contribution in [-0.4, -0.2) is 30.6 Å². The van der Waals surface area contributed by atoms with E-state index in [1.165, 1.54) is 6.08 Å². The van der Waals surface area contributed by atoms with Gasteiger partial charge in [-0.15, -0.1) is 0 Å². The Kier molecular flexibility index (Phi) is 5.96. The van der Waals surface area contributed by atoms with Crippen molar-refractivity contribution >= 4 is 28.0 Å². The van der Waals surface area contributed by atoms with E-state index in [-0.39, 0.29) is 18.5 Å². The molecule has 1 amide bonds. The van der Waals surface area contributed by atoms with E-state index >= 15 is 0 Å². The van der Waals surface area contributed by atoms with Gasteiger partial charge < -0.3 is 4.74 Å². The highest BCUT2D eigenvalue weighted by Gasteiger charge is 2.57. The van der Waals surface area contributed by atoms with Crippen LogP contribution in [0.4, 0.5) is 0 Å². The summed E-state index contributed by atoms with van der Waals surface area (Å²) in [5, 5.41) is 1.08. The zero-order chi connectivity index (χ0) is 22.0. The minimum absolute atomic E-state index is 0.164. The van der Waals surface area contributed by atoms with Gasteiger partial charge in [0.1, 0.15) is 6.61 Å². The number of amides is 1. The van der Waals surface area contributed by atoms with Crippen LogP contribution in [0.2, 0.25) is 0 Å². The summed E-state index contributed by atoms with van der Waals surface area (Å²) in [4.78, 5) is 25.7. The summed E-state index contributed by atoms with van der Waals surface area (Å²) < 4.78 is 32.5. The van der Waals surface area contributed by atoms with Crippen molar-refractivity contribution in [1.29, 1.82) is 0 Å². The maximum absolute atomic E-state index is 13.0. The maximum Gasteiger partial charge on any atom is 0.309 e. The van der Waals surface area contributed by atoms with Gasteiger partial charge >= 0.3 is 5.97 Å². The van der Waals surface area contributed by atoms with Gasteiger partial charge in [-0.05, 0) is 30.0 Å². The first kappa shape index (κ1) is 21.3. The summed E-state index contributed by atoms with van der Waals surface area (Å²) in [6, 6.07) is 17.9. The molecule has 0 N–H and O–H groups in total. The molecule has 2 aromatic rings. The summed E-state index contributed by atoms with van der Waals surface area (Å²) in [6.07, 6.45) is 2.46. The average molecular weight is 440 g/mol. The second-order valence-corrected chi connectivity index (χ2v) is 9.80. The van der Waals surface area contributed by atoms with Crippen LogP contribution in [0.1, 0.15) is 30.9 Å². The van der Waals surface area contributed by atoms with Crippen molar-refractivity contribution in [2.24, 2.45) is 17.8 Å². The lowest BCUT2D eigenvalue weighted by molar-refractivity contribution is -0.151. The molecule has 0 bridgehead atoms. The van der Waals surface area contributed by atoms with Gasteiger partial charge in [0.15, 0.2) is 0 Å². The largest absolute Gasteiger partial charge is 0.461 e. The summed E-state index contributed by atoms with van der Waals surface area (Å²) >= 11 is 0. The lowest BCUT2D eigenvalue weighted by atomic mass is 9.86. The second kappa shape index (κ2) is 8.67. The number of hydrogen-bond acceptors (Lipinski definition) is 5. The Morgan fingerprint density at radius 3 is 2.39 bits per heavy atom. The standard InChI is InChI=1S/C24H25NO5S/c1-17-22-20(24(27)30-16-19-10-6-3-7-11-19)12-13-21(22)25(23(17)26)31(28,29)15-14-18-8-4-2-5-9-18/h2-11,14-15,17,20-22H,12-13,16H2,1H3/b15-14+/t17-,20?,21+,22+/m1/s1. The van der Waals surface area contributed by atoms with Gasteiger partial charge in [-0.1, -0.05) is 67.6 Å². The third-order valence-corrected chi connectivity index (χ3v) is 7.68. The normalized spacial score (nSPS) is 25.7. The average Bonchev–Trinajstić information content (AvgIpc) is 3.31. The monoisotopic (exact) mass is 439 g/mol. The first-order valence-corrected chi connectivity index (χ1v) is 11.9. The van der Waals surface area contributed by atoms with E-state index in [2.05, 4.69) is 0 Å². The third kappa shape index (κ3) is 4.28. The molecule has 0 spiro atoms. The van der Waals surface area contributed by atoms with Crippen LogP contribution in [0.25, 0.3) is 6.08 Å². The predicted octanol–water partition coefficient (Wildman–Crippen LogP) is 3.60. The summed E-state index contributed by atoms with van der Waals surface area (Å²) in [6.45, 7) is 1.87. The minimum Gasteiger partial charge on any atom is -0.461 e.